The van der Waals surface area contributed by atoms with Crippen LogP contribution in [0.15, 0.2) is 90.1 Å². The lowest BCUT2D eigenvalue weighted by atomic mass is 10.1. The minimum absolute atomic E-state index is 0.403. The van der Waals surface area contributed by atoms with Crippen LogP contribution in [0.2, 0.25) is 0 Å². The third-order valence-corrected chi connectivity index (χ3v) is 6.96. The average Bonchev–Trinajstić information content (AvgIpc) is 3.44. The van der Waals surface area contributed by atoms with Gasteiger partial charge in [-0.15, -0.1) is 11.8 Å². The molecule has 0 aliphatic heterocycles. The van der Waals surface area contributed by atoms with E-state index in [1.165, 1.54) is 26.9 Å². The summed E-state index contributed by atoms with van der Waals surface area (Å²) in [4.78, 5) is 29.3. The molecule has 6 heteroatoms. The number of nitrogens with one attached hydrogen (secondary N) is 2. The highest BCUT2D eigenvalue weighted by molar-refractivity contribution is 7.99. The molecule has 5 rings (SSSR count). The Hall–Kier alpha value is -3.77. The second-order valence-electron chi connectivity index (χ2n) is 8.31. The Balaban J connectivity index is 1.22. The van der Waals surface area contributed by atoms with E-state index in [9.17, 15) is 9.59 Å². The van der Waals surface area contributed by atoms with Gasteiger partial charge in [-0.1, -0.05) is 66.2 Å². The number of Topliss-reactive ketones (excluding diaryl/α,β-unsaturated/α-hetero) is 1. The Morgan fingerprint density at radius 2 is 1.68 bits per heavy atom. The summed E-state index contributed by atoms with van der Waals surface area (Å²) in [7, 11) is 0. The second-order valence-corrected chi connectivity index (χ2v) is 9.44. The lowest BCUT2D eigenvalue weighted by Gasteiger charge is -2.06. The van der Waals surface area contributed by atoms with E-state index in [-0.39, 0.29) is 0 Å². The Bertz CT molecular complexity index is 1480. The van der Waals surface area contributed by atoms with Gasteiger partial charge >= 0.3 is 0 Å². The van der Waals surface area contributed by atoms with E-state index in [0.29, 0.717) is 17.9 Å². The molecule has 0 atom stereocenters. The highest BCUT2D eigenvalue weighted by Gasteiger charge is 2.19. The molecule has 3 aromatic carbocycles. The number of ketones is 1. The number of aryl methyl sites for hydroxylation is 1. The van der Waals surface area contributed by atoms with Crippen LogP contribution >= 0.6 is 11.8 Å². The summed E-state index contributed by atoms with van der Waals surface area (Å²) in [5, 5.41) is 4.73. The van der Waals surface area contributed by atoms with Crippen molar-refractivity contribution in [3.63, 3.8) is 0 Å². The number of benzene rings is 3. The molecule has 2 heterocycles. The standard InChI is InChI=1S/C28H25N3O2S/c1-19-10-12-20(13-11-19)17-31-18-26(22-7-3-5-9-25(22)31)34-15-14-29-28(33)27(32)23-16-30-24-8-4-2-6-21(23)24/h2-13,16,18,30H,14-15,17H2,1H3,(H,29,33). The molecule has 170 valence electrons. The number of carbonyl (C=O) groups is 2. The van der Waals surface area contributed by atoms with Gasteiger partial charge in [-0.3, -0.25) is 9.59 Å². The average molecular weight is 468 g/mol. The van der Waals surface area contributed by atoms with Crippen LogP contribution in [0.5, 0.6) is 0 Å². The number of hydrogen-bond donors (Lipinski definition) is 2. The van der Waals surface area contributed by atoms with E-state index in [2.05, 4.69) is 70.5 Å². The zero-order chi connectivity index (χ0) is 23.5. The van der Waals surface area contributed by atoms with Crippen LogP contribution < -0.4 is 5.32 Å². The van der Waals surface area contributed by atoms with Gasteiger partial charge in [-0.2, -0.15) is 0 Å². The molecular weight excluding hydrogens is 442 g/mol. The number of amides is 1. The van der Waals surface area contributed by atoms with Crippen LogP contribution in [-0.2, 0) is 11.3 Å². The van der Waals surface area contributed by atoms with Crippen LogP contribution in [-0.4, -0.2) is 33.5 Å². The first-order valence-corrected chi connectivity index (χ1v) is 12.2. The van der Waals surface area contributed by atoms with E-state index < -0.39 is 11.7 Å². The summed E-state index contributed by atoms with van der Waals surface area (Å²) in [6.45, 7) is 3.31. The first kappa shape index (κ1) is 22.0. The van der Waals surface area contributed by atoms with Crippen molar-refractivity contribution in [2.45, 2.75) is 18.4 Å². The van der Waals surface area contributed by atoms with E-state index in [1.807, 2.05) is 30.3 Å². The minimum atomic E-state index is -0.577. The summed E-state index contributed by atoms with van der Waals surface area (Å²) >= 11 is 1.68. The first-order chi connectivity index (χ1) is 16.6. The Labute approximate surface area is 202 Å². The van der Waals surface area contributed by atoms with E-state index in [1.54, 1.807) is 18.0 Å². The van der Waals surface area contributed by atoms with Crippen LogP contribution in [0.4, 0.5) is 0 Å². The fourth-order valence-corrected chi connectivity index (χ4v) is 5.09. The number of thioether (sulfide) groups is 1. The molecule has 0 radical (unpaired) electrons. The fraction of sp³-hybridized carbons (Fsp3) is 0.143. The highest BCUT2D eigenvalue weighted by Crippen LogP contribution is 2.30. The number of para-hydroxylation sites is 2. The van der Waals surface area contributed by atoms with Crippen molar-refractivity contribution in [2.24, 2.45) is 0 Å². The Morgan fingerprint density at radius 3 is 2.50 bits per heavy atom. The van der Waals surface area contributed by atoms with Gasteiger partial charge in [0, 0.05) is 57.9 Å². The zero-order valence-electron chi connectivity index (χ0n) is 18.9. The molecule has 0 aliphatic rings. The molecule has 5 aromatic rings. The van der Waals surface area contributed by atoms with Crippen molar-refractivity contribution in [2.75, 3.05) is 12.3 Å². The predicted octanol–water partition coefficient (Wildman–Crippen LogP) is 5.57. The van der Waals surface area contributed by atoms with Gasteiger partial charge in [0.1, 0.15) is 0 Å². The van der Waals surface area contributed by atoms with Crippen molar-refractivity contribution < 1.29 is 9.59 Å². The van der Waals surface area contributed by atoms with Gasteiger partial charge in [0.25, 0.3) is 11.7 Å². The summed E-state index contributed by atoms with van der Waals surface area (Å²) in [6, 6.07) is 24.4. The number of hydrogen-bond acceptors (Lipinski definition) is 3. The molecule has 2 N–H and O–H groups in total. The van der Waals surface area contributed by atoms with Crippen molar-refractivity contribution in [1.82, 2.24) is 14.9 Å². The second kappa shape index (κ2) is 9.61. The largest absolute Gasteiger partial charge is 0.360 e. The maximum absolute atomic E-state index is 12.6. The van der Waals surface area contributed by atoms with E-state index >= 15 is 0 Å². The minimum Gasteiger partial charge on any atom is -0.360 e. The number of rotatable bonds is 8. The molecule has 0 fully saturated rings. The van der Waals surface area contributed by atoms with Gasteiger partial charge in [0.05, 0.1) is 5.56 Å². The number of fused-ring (bicyclic) bond motifs is 2. The van der Waals surface area contributed by atoms with Gasteiger partial charge in [0.15, 0.2) is 0 Å². The molecule has 0 unspecified atom stereocenters. The maximum Gasteiger partial charge on any atom is 0.292 e. The SMILES string of the molecule is Cc1ccc(Cn2cc(SCCNC(=O)C(=O)c3c[nH]c4ccccc34)c3ccccc32)cc1. The number of H-pyrrole nitrogens is 1. The molecule has 34 heavy (non-hydrogen) atoms. The molecule has 5 nitrogen and oxygen atoms in total. The number of aromatic amines is 1. The predicted molar refractivity (Wildman–Crippen MR) is 139 cm³/mol. The van der Waals surface area contributed by atoms with Gasteiger partial charge in [-0.25, -0.2) is 0 Å². The molecule has 0 spiro atoms. The highest BCUT2D eigenvalue weighted by atomic mass is 32.2. The van der Waals surface area contributed by atoms with Gasteiger partial charge in [0.2, 0.25) is 0 Å². The lowest BCUT2D eigenvalue weighted by Crippen LogP contribution is -2.32. The van der Waals surface area contributed by atoms with Crippen LogP contribution in [0.3, 0.4) is 0 Å². The van der Waals surface area contributed by atoms with E-state index in [4.69, 9.17) is 0 Å². The number of carbonyl (C=O) groups excluding carboxylic acids is 2. The quantitative estimate of drug-likeness (QED) is 0.136. The van der Waals surface area contributed by atoms with Crippen LogP contribution in [0.25, 0.3) is 21.8 Å². The van der Waals surface area contributed by atoms with E-state index in [0.717, 1.165) is 17.4 Å². The van der Waals surface area contributed by atoms with Gasteiger partial charge < -0.3 is 14.9 Å². The van der Waals surface area contributed by atoms with Crippen molar-refractivity contribution in [3.05, 3.63) is 102 Å². The van der Waals surface area contributed by atoms with Crippen molar-refractivity contribution in [1.29, 1.82) is 0 Å². The molecule has 0 saturated carbocycles. The third kappa shape index (κ3) is 4.50. The lowest BCUT2D eigenvalue weighted by molar-refractivity contribution is -0.116. The Kier molecular flexibility index (Phi) is 6.23. The summed E-state index contributed by atoms with van der Waals surface area (Å²) in [6.07, 6.45) is 3.78. The third-order valence-electron chi connectivity index (χ3n) is 5.91. The first-order valence-electron chi connectivity index (χ1n) is 11.2. The van der Waals surface area contributed by atoms with Crippen LogP contribution in [0.1, 0.15) is 21.5 Å². The molecule has 0 saturated heterocycles. The molecule has 0 aliphatic carbocycles. The monoisotopic (exact) mass is 467 g/mol. The molecule has 1 amide bonds. The van der Waals surface area contributed by atoms with Crippen LogP contribution in [0, 0.1) is 6.92 Å². The number of nitrogens with zero attached hydrogens (tertiary/aromatic N) is 1. The summed E-state index contributed by atoms with van der Waals surface area (Å²) in [5.74, 6) is -0.421. The topological polar surface area (TPSA) is 66.9 Å². The fourth-order valence-electron chi connectivity index (χ4n) is 4.14. The smallest absolute Gasteiger partial charge is 0.292 e. The van der Waals surface area contributed by atoms with Gasteiger partial charge in [-0.05, 0) is 24.6 Å². The number of aromatic nitrogens is 2. The molecule has 2 aromatic heterocycles. The molecule has 0 bridgehead atoms. The normalized spacial score (nSPS) is 11.2. The summed E-state index contributed by atoms with van der Waals surface area (Å²) in [5.41, 5.74) is 4.94. The van der Waals surface area contributed by atoms with Crippen molar-refractivity contribution >= 4 is 45.3 Å². The summed E-state index contributed by atoms with van der Waals surface area (Å²) < 4.78 is 2.27. The van der Waals surface area contributed by atoms with Crippen molar-refractivity contribution in [3.8, 4) is 0 Å². The maximum atomic E-state index is 12.6. The molecular formula is C28H25N3O2S. The zero-order valence-corrected chi connectivity index (χ0v) is 19.7. The Morgan fingerprint density at radius 1 is 0.941 bits per heavy atom.